The Bertz CT molecular complexity index is 495. The van der Waals surface area contributed by atoms with Gasteiger partial charge in [0.1, 0.15) is 0 Å². The summed E-state index contributed by atoms with van der Waals surface area (Å²) in [6.07, 6.45) is 3.83. The monoisotopic (exact) mass is 391 g/mol. The molecule has 2 nitrogen and oxygen atoms in total. The normalized spacial score (nSPS) is 12.8. The number of hydrogen-bond acceptors (Lipinski definition) is 3. The van der Waals surface area contributed by atoms with Crippen molar-refractivity contribution in [1.82, 2.24) is 5.32 Å². The summed E-state index contributed by atoms with van der Waals surface area (Å²) < 4.78 is 7.32. The summed E-state index contributed by atoms with van der Waals surface area (Å²) >= 11 is 8.75. The Balaban J connectivity index is 2.12. The maximum Gasteiger partial charge on any atom is 0.173 e. The van der Waals surface area contributed by atoms with E-state index < -0.39 is 0 Å². The highest BCUT2D eigenvalue weighted by Gasteiger charge is 2.17. The highest BCUT2D eigenvalue weighted by Crippen LogP contribution is 2.30. The quantitative estimate of drug-likeness (QED) is 0.735. The van der Waals surface area contributed by atoms with E-state index in [1.165, 1.54) is 10.4 Å². The number of rotatable bonds is 6. The van der Waals surface area contributed by atoms with Gasteiger partial charge in [0.05, 0.1) is 6.26 Å². The van der Waals surface area contributed by atoms with Crippen LogP contribution in [-0.2, 0) is 6.42 Å². The van der Waals surface area contributed by atoms with Crippen LogP contribution >= 0.6 is 43.2 Å². The van der Waals surface area contributed by atoms with Gasteiger partial charge in [-0.3, -0.25) is 0 Å². The summed E-state index contributed by atoms with van der Waals surface area (Å²) in [6.45, 7) is 3.19. The van der Waals surface area contributed by atoms with Crippen LogP contribution in [0.3, 0.4) is 0 Å². The standard InChI is InChI=1S/C13H15Br2NOS/c1-2-4-16-12(11-3-5-17-13(11)15)7-10-6-9(14)8-18-10/h3,5-6,8,12,16H,2,4,7H2,1H3. The van der Waals surface area contributed by atoms with Crippen molar-refractivity contribution < 1.29 is 4.42 Å². The largest absolute Gasteiger partial charge is 0.457 e. The maximum absolute atomic E-state index is 5.34. The van der Waals surface area contributed by atoms with Gasteiger partial charge in [0.15, 0.2) is 4.67 Å². The molecule has 0 radical (unpaired) electrons. The molecule has 98 valence electrons. The molecule has 2 rings (SSSR count). The summed E-state index contributed by atoms with van der Waals surface area (Å²) in [5, 5.41) is 5.69. The van der Waals surface area contributed by atoms with Crippen molar-refractivity contribution in [2.45, 2.75) is 25.8 Å². The first-order valence-corrected chi connectivity index (χ1v) is 8.36. The lowest BCUT2D eigenvalue weighted by atomic mass is 10.1. The van der Waals surface area contributed by atoms with Crippen LogP contribution < -0.4 is 5.32 Å². The maximum atomic E-state index is 5.34. The zero-order chi connectivity index (χ0) is 13.0. The minimum absolute atomic E-state index is 0.295. The van der Waals surface area contributed by atoms with E-state index in [1.54, 1.807) is 17.6 Å². The molecule has 0 aliphatic rings. The SMILES string of the molecule is CCCNC(Cc1cc(Br)cs1)c1ccoc1Br. The van der Waals surface area contributed by atoms with Gasteiger partial charge in [-0.25, -0.2) is 0 Å². The predicted octanol–water partition coefficient (Wildman–Crippen LogP) is 5.15. The summed E-state index contributed by atoms with van der Waals surface area (Å²) in [7, 11) is 0. The molecule has 0 fully saturated rings. The number of halogens is 2. The molecule has 0 saturated heterocycles. The first-order valence-electron chi connectivity index (χ1n) is 5.90. The summed E-state index contributed by atoms with van der Waals surface area (Å²) in [5.74, 6) is 0. The fraction of sp³-hybridized carbons (Fsp3) is 0.385. The van der Waals surface area contributed by atoms with E-state index >= 15 is 0 Å². The molecule has 0 spiro atoms. The third-order valence-electron chi connectivity index (χ3n) is 2.69. The number of nitrogens with one attached hydrogen (secondary N) is 1. The molecule has 0 aliphatic heterocycles. The van der Waals surface area contributed by atoms with E-state index in [-0.39, 0.29) is 0 Å². The second-order valence-electron chi connectivity index (χ2n) is 4.09. The fourth-order valence-electron chi connectivity index (χ4n) is 1.83. The van der Waals surface area contributed by atoms with Crippen molar-refractivity contribution in [3.05, 3.63) is 43.4 Å². The van der Waals surface area contributed by atoms with E-state index in [1.807, 2.05) is 6.07 Å². The van der Waals surface area contributed by atoms with E-state index in [4.69, 9.17) is 4.42 Å². The highest BCUT2D eigenvalue weighted by molar-refractivity contribution is 9.10. The fourth-order valence-corrected chi connectivity index (χ4v) is 3.84. The molecule has 18 heavy (non-hydrogen) atoms. The van der Waals surface area contributed by atoms with Crippen LogP contribution in [0.4, 0.5) is 0 Å². The van der Waals surface area contributed by atoms with Gasteiger partial charge in [-0.2, -0.15) is 0 Å². The Kier molecular flexibility index (Phi) is 5.48. The molecular weight excluding hydrogens is 378 g/mol. The van der Waals surface area contributed by atoms with Gasteiger partial charge < -0.3 is 9.73 Å². The van der Waals surface area contributed by atoms with Crippen LogP contribution in [0.5, 0.6) is 0 Å². The Hall–Kier alpha value is -0.100. The second-order valence-corrected chi connectivity index (χ2v) is 6.72. The molecule has 0 saturated carbocycles. The van der Waals surface area contributed by atoms with Gasteiger partial charge in [-0.15, -0.1) is 11.3 Å². The van der Waals surface area contributed by atoms with Gasteiger partial charge in [0.2, 0.25) is 0 Å². The molecule has 2 aromatic rings. The zero-order valence-electron chi connectivity index (χ0n) is 10.1. The van der Waals surface area contributed by atoms with E-state index in [9.17, 15) is 0 Å². The topological polar surface area (TPSA) is 25.2 Å². The third kappa shape index (κ3) is 3.70. The highest BCUT2D eigenvalue weighted by atomic mass is 79.9. The van der Waals surface area contributed by atoms with Gasteiger partial charge >= 0.3 is 0 Å². The first kappa shape index (κ1) is 14.3. The summed E-state index contributed by atoms with van der Waals surface area (Å²) in [6, 6.07) is 4.50. The number of thiophene rings is 1. The molecule has 0 aromatic carbocycles. The summed E-state index contributed by atoms with van der Waals surface area (Å²) in [4.78, 5) is 1.36. The molecule has 2 aromatic heterocycles. The average Bonchev–Trinajstić information content (AvgIpc) is 2.93. The number of furan rings is 1. The van der Waals surface area contributed by atoms with Gasteiger partial charge in [0, 0.05) is 32.8 Å². The molecule has 1 N–H and O–H groups in total. The van der Waals surface area contributed by atoms with Gasteiger partial charge in [-0.05, 0) is 57.0 Å². The molecular formula is C13H15Br2NOS. The lowest BCUT2D eigenvalue weighted by molar-refractivity contribution is 0.499. The molecule has 2 heterocycles. The van der Waals surface area contributed by atoms with Crippen LogP contribution in [0.15, 0.2) is 37.3 Å². The van der Waals surface area contributed by atoms with Crippen molar-refractivity contribution in [2.75, 3.05) is 6.54 Å². The Morgan fingerprint density at radius 3 is 2.83 bits per heavy atom. The zero-order valence-corrected chi connectivity index (χ0v) is 14.1. The lowest BCUT2D eigenvalue weighted by Crippen LogP contribution is -2.23. The van der Waals surface area contributed by atoms with Crippen molar-refractivity contribution in [3.63, 3.8) is 0 Å². The minimum atomic E-state index is 0.295. The molecule has 1 unspecified atom stereocenters. The molecule has 0 bridgehead atoms. The van der Waals surface area contributed by atoms with Gasteiger partial charge in [-0.1, -0.05) is 6.92 Å². The van der Waals surface area contributed by atoms with E-state index in [0.717, 1.165) is 28.5 Å². The van der Waals surface area contributed by atoms with Crippen molar-refractivity contribution >= 4 is 43.2 Å². The van der Waals surface area contributed by atoms with Crippen molar-refractivity contribution in [3.8, 4) is 0 Å². The molecule has 0 amide bonds. The summed E-state index contributed by atoms with van der Waals surface area (Å²) in [5.41, 5.74) is 1.19. The van der Waals surface area contributed by atoms with Crippen molar-refractivity contribution in [1.29, 1.82) is 0 Å². The Morgan fingerprint density at radius 2 is 2.28 bits per heavy atom. The lowest BCUT2D eigenvalue weighted by Gasteiger charge is -2.16. The average molecular weight is 393 g/mol. The molecule has 0 aliphatic carbocycles. The second kappa shape index (κ2) is 6.89. The third-order valence-corrected chi connectivity index (χ3v) is 5.05. The minimum Gasteiger partial charge on any atom is -0.457 e. The Labute approximate surface area is 128 Å². The van der Waals surface area contributed by atoms with Crippen LogP contribution in [0.2, 0.25) is 0 Å². The number of hydrogen-bond donors (Lipinski definition) is 1. The van der Waals surface area contributed by atoms with E-state index in [2.05, 4.69) is 55.5 Å². The van der Waals surface area contributed by atoms with Crippen LogP contribution in [-0.4, -0.2) is 6.54 Å². The molecule has 5 heteroatoms. The van der Waals surface area contributed by atoms with Crippen LogP contribution in [0, 0.1) is 0 Å². The van der Waals surface area contributed by atoms with Gasteiger partial charge in [0.25, 0.3) is 0 Å². The van der Waals surface area contributed by atoms with Crippen LogP contribution in [0.1, 0.15) is 29.8 Å². The molecule has 1 atom stereocenters. The van der Waals surface area contributed by atoms with Crippen molar-refractivity contribution in [2.24, 2.45) is 0 Å². The van der Waals surface area contributed by atoms with Crippen LogP contribution in [0.25, 0.3) is 0 Å². The van der Waals surface area contributed by atoms with E-state index in [0.29, 0.717) is 6.04 Å². The smallest absolute Gasteiger partial charge is 0.173 e. The Morgan fingerprint density at radius 1 is 1.44 bits per heavy atom. The first-order chi connectivity index (χ1) is 8.70. The predicted molar refractivity (Wildman–Crippen MR) is 83.2 cm³/mol.